The molecule has 0 bridgehead atoms. The molecule has 1 aromatic heterocycles. The zero-order chi connectivity index (χ0) is 12.1. The van der Waals surface area contributed by atoms with Crippen molar-refractivity contribution in [1.29, 1.82) is 0 Å². The Labute approximate surface area is 98.9 Å². The SMILES string of the molecule is CC(C)CC(C)Nc1cccc(N(C)C)n1. The molecule has 90 valence electrons. The van der Waals surface area contributed by atoms with Crippen molar-refractivity contribution in [2.45, 2.75) is 33.2 Å². The molecule has 0 saturated carbocycles. The molecule has 1 heterocycles. The van der Waals surface area contributed by atoms with Gasteiger partial charge in [0, 0.05) is 20.1 Å². The summed E-state index contributed by atoms with van der Waals surface area (Å²) in [5.41, 5.74) is 0. The molecule has 0 saturated heterocycles. The first kappa shape index (κ1) is 12.8. The second-order valence-electron chi connectivity index (χ2n) is 4.95. The minimum absolute atomic E-state index is 0.463. The first-order valence-electron chi connectivity index (χ1n) is 5.90. The summed E-state index contributed by atoms with van der Waals surface area (Å²) in [4.78, 5) is 6.55. The van der Waals surface area contributed by atoms with Crippen LogP contribution in [-0.2, 0) is 0 Å². The van der Waals surface area contributed by atoms with Crippen molar-refractivity contribution < 1.29 is 0 Å². The van der Waals surface area contributed by atoms with E-state index in [0.717, 1.165) is 18.1 Å². The maximum absolute atomic E-state index is 4.53. The predicted octanol–water partition coefficient (Wildman–Crippen LogP) is 2.99. The van der Waals surface area contributed by atoms with E-state index in [0.29, 0.717) is 12.0 Å². The van der Waals surface area contributed by atoms with E-state index in [-0.39, 0.29) is 0 Å². The monoisotopic (exact) mass is 221 g/mol. The van der Waals surface area contributed by atoms with Gasteiger partial charge < -0.3 is 10.2 Å². The van der Waals surface area contributed by atoms with Gasteiger partial charge in [-0.1, -0.05) is 19.9 Å². The van der Waals surface area contributed by atoms with Gasteiger partial charge in [-0.15, -0.1) is 0 Å². The first-order valence-corrected chi connectivity index (χ1v) is 5.90. The van der Waals surface area contributed by atoms with Gasteiger partial charge in [-0.2, -0.15) is 0 Å². The summed E-state index contributed by atoms with van der Waals surface area (Å²) in [7, 11) is 4.01. The topological polar surface area (TPSA) is 28.2 Å². The van der Waals surface area contributed by atoms with Crippen LogP contribution in [0, 0.1) is 5.92 Å². The third-order valence-electron chi connectivity index (χ3n) is 2.41. The molecule has 0 spiro atoms. The fourth-order valence-corrected chi connectivity index (χ4v) is 1.77. The standard InChI is InChI=1S/C13H23N3/c1-10(2)9-11(3)14-12-7-6-8-13(15-12)16(4)5/h6-8,10-11H,9H2,1-5H3,(H,14,15). The van der Waals surface area contributed by atoms with Crippen molar-refractivity contribution in [2.24, 2.45) is 5.92 Å². The lowest BCUT2D eigenvalue weighted by Gasteiger charge is -2.18. The summed E-state index contributed by atoms with van der Waals surface area (Å²) in [6.07, 6.45) is 1.16. The average Bonchev–Trinajstić information content (AvgIpc) is 2.16. The number of hydrogen-bond donors (Lipinski definition) is 1. The smallest absolute Gasteiger partial charge is 0.130 e. The maximum atomic E-state index is 4.53. The summed E-state index contributed by atoms with van der Waals surface area (Å²) < 4.78 is 0. The van der Waals surface area contributed by atoms with Gasteiger partial charge in [0.1, 0.15) is 11.6 Å². The Morgan fingerprint density at radius 1 is 1.25 bits per heavy atom. The Hall–Kier alpha value is -1.25. The summed E-state index contributed by atoms with van der Waals surface area (Å²) in [5.74, 6) is 2.65. The van der Waals surface area contributed by atoms with Crippen molar-refractivity contribution >= 4 is 11.6 Å². The van der Waals surface area contributed by atoms with Crippen molar-refractivity contribution in [3.8, 4) is 0 Å². The van der Waals surface area contributed by atoms with E-state index >= 15 is 0 Å². The number of rotatable bonds is 5. The molecule has 1 rings (SSSR count). The van der Waals surface area contributed by atoms with Gasteiger partial charge in [-0.3, -0.25) is 0 Å². The Balaban J connectivity index is 2.63. The number of anilines is 2. The summed E-state index contributed by atoms with van der Waals surface area (Å²) in [6.45, 7) is 6.67. The van der Waals surface area contributed by atoms with Crippen LogP contribution in [-0.4, -0.2) is 25.1 Å². The number of aromatic nitrogens is 1. The van der Waals surface area contributed by atoms with Gasteiger partial charge in [0.05, 0.1) is 0 Å². The number of nitrogens with one attached hydrogen (secondary N) is 1. The van der Waals surface area contributed by atoms with Crippen LogP contribution in [0.3, 0.4) is 0 Å². The van der Waals surface area contributed by atoms with Crippen LogP contribution < -0.4 is 10.2 Å². The van der Waals surface area contributed by atoms with E-state index in [1.54, 1.807) is 0 Å². The highest BCUT2D eigenvalue weighted by molar-refractivity contribution is 5.46. The van der Waals surface area contributed by atoms with Crippen molar-refractivity contribution in [1.82, 2.24) is 4.98 Å². The fourth-order valence-electron chi connectivity index (χ4n) is 1.77. The van der Waals surface area contributed by atoms with E-state index in [2.05, 4.69) is 31.1 Å². The van der Waals surface area contributed by atoms with Crippen LogP contribution in [0.4, 0.5) is 11.6 Å². The molecule has 0 aliphatic heterocycles. The van der Waals surface area contributed by atoms with E-state index in [1.807, 2.05) is 37.2 Å². The molecule has 1 aromatic rings. The van der Waals surface area contributed by atoms with Gasteiger partial charge in [-0.05, 0) is 31.4 Å². The molecule has 1 N–H and O–H groups in total. The van der Waals surface area contributed by atoms with Crippen LogP contribution in [0.1, 0.15) is 27.2 Å². The Bertz CT molecular complexity index is 321. The van der Waals surface area contributed by atoms with Gasteiger partial charge in [0.2, 0.25) is 0 Å². The van der Waals surface area contributed by atoms with E-state index in [1.165, 1.54) is 0 Å². The van der Waals surface area contributed by atoms with Crippen LogP contribution >= 0.6 is 0 Å². The molecule has 0 aliphatic carbocycles. The van der Waals surface area contributed by atoms with Gasteiger partial charge >= 0.3 is 0 Å². The van der Waals surface area contributed by atoms with Gasteiger partial charge in [0.15, 0.2) is 0 Å². The van der Waals surface area contributed by atoms with Crippen molar-refractivity contribution in [3.63, 3.8) is 0 Å². The van der Waals surface area contributed by atoms with Crippen LogP contribution in [0.25, 0.3) is 0 Å². The van der Waals surface area contributed by atoms with Gasteiger partial charge in [-0.25, -0.2) is 4.98 Å². The minimum Gasteiger partial charge on any atom is -0.368 e. The molecule has 3 nitrogen and oxygen atoms in total. The second kappa shape index (κ2) is 5.73. The van der Waals surface area contributed by atoms with Gasteiger partial charge in [0.25, 0.3) is 0 Å². The lowest BCUT2D eigenvalue weighted by atomic mass is 10.1. The minimum atomic E-state index is 0.463. The Kier molecular flexibility index (Phi) is 4.59. The first-order chi connectivity index (χ1) is 7.49. The maximum Gasteiger partial charge on any atom is 0.130 e. The number of hydrogen-bond acceptors (Lipinski definition) is 3. The average molecular weight is 221 g/mol. The normalized spacial score (nSPS) is 12.6. The van der Waals surface area contributed by atoms with Crippen LogP contribution in [0.15, 0.2) is 18.2 Å². The van der Waals surface area contributed by atoms with E-state index in [9.17, 15) is 0 Å². The van der Waals surface area contributed by atoms with E-state index in [4.69, 9.17) is 0 Å². The second-order valence-corrected chi connectivity index (χ2v) is 4.95. The molecule has 16 heavy (non-hydrogen) atoms. The molecule has 1 unspecified atom stereocenters. The zero-order valence-electron chi connectivity index (χ0n) is 11.0. The van der Waals surface area contributed by atoms with Crippen LogP contribution in [0.2, 0.25) is 0 Å². The molecular weight excluding hydrogens is 198 g/mol. The lowest BCUT2D eigenvalue weighted by molar-refractivity contribution is 0.539. The quantitative estimate of drug-likeness (QED) is 0.828. The molecule has 0 radical (unpaired) electrons. The fraction of sp³-hybridized carbons (Fsp3) is 0.615. The third kappa shape index (κ3) is 4.09. The highest BCUT2D eigenvalue weighted by atomic mass is 15.2. The molecule has 0 fully saturated rings. The number of nitrogens with zero attached hydrogens (tertiary/aromatic N) is 2. The Morgan fingerprint density at radius 2 is 1.94 bits per heavy atom. The predicted molar refractivity (Wildman–Crippen MR) is 71.1 cm³/mol. The third-order valence-corrected chi connectivity index (χ3v) is 2.41. The molecular formula is C13H23N3. The van der Waals surface area contributed by atoms with Crippen molar-refractivity contribution in [2.75, 3.05) is 24.3 Å². The summed E-state index contributed by atoms with van der Waals surface area (Å²) in [5, 5.41) is 3.43. The molecule has 0 aliphatic rings. The summed E-state index contributed by atoms with van der Waals surface area (Å²) >= 11 is 0. The highest BCUT2D eigenvalue weighted by Crippen LogP contribution is 2.14. The largest absolute Gasteiger partial charge is 0.368 e. The molecule has 1 atom stereocenters. The Morgan fingerprint density at radius 3 is 2.50 bits per heavy atom. The molecule has 3 heteroatoms. The van der Waals surface area contributed by atoms with E-state index < -0.39 is 0 Å². The van der Waals surface area contributed by atoms with Crippen molar-refractivity contribution in [3.05, 3.63) is 18.2 Å². The number of pyridine rings is 1. The lowest BCUT2D eigenvalue weighted by Crippen LogP contribution is -2.19. The van der Waals surface area contributed by atoms with Crippen LogP contribution in [0.5, 0.6) is 0 Å². The molecule has 0 amide bonds. The summed E-state index contributed by atoms with van der Waals surface area (Å²) in [6, 6.07) is 6.53. The molecule has 0 aromatic carbocycles. The highest BCUT2D eigenvalue weighted by Gasteiger charge is 2.06. The zero-order valence-corrected chi connectivity index (χ0v) is 11.0.